The van der Waals surface area contributed by atoms with Crippen molar-refractivity contribution in [3.05, 3.63) is 120 Å². The maximum atomic E-state index is 14.6. The summed E-state index contributed by atoms with van der Waals surface area (Å²) >= 11 is 0. The number of halogens is 1. The normalized spacial score (nSPS) is 26.0. The molecule has 1 heterocycles. The van der Waals surface area contributed by atoms with Crippen molar-refractivity contribution < 1.29 is 38.8 Å². The number of hydrogen-bond acceptors (Lipinski definition) is 8. The number of nitrogens with zero attached hydrogens (tertiary/aromatic N) is 2. The molecule has 3 aliphatic carbocycles. The number of ether oxygens (including phenoxy) is 2. The first-order valence-electron chi connectivity index (χ1n) is 19.8. The lowest BCUT2D eigenvalue weighted by Crippen LogP contribution is -2.70. The molecule has 2 fully saturated rings. The summed E-state index contributed by atoms with van der Waals surface area (Å²) in [5.41, 5.74) is 4.24. The van der Waals surface area contributed by atoms with Crippen molar-refractivity contribution in [2.24, 2.45) is 28.8 Å². The lowest BCUT2D eigenvalue weighted by Gasteiger charge is -2.60. The number of benzene rings is 3. The van der Waals surface area contributed by atoms with Gasteiger partial charge in [0, 0.05) is 43.6 Å². The fourth-order valence-electron chi connectivity index (χ4n) is 9.11. The molecule has 6 atom stereocenters. The molecule has 0 bridgehead atoms. The Morgan fingerprint density at radius 1 is 0.982 bits per heavy atom. The molecule has 0 aromatic heterocycles. The molecule has 1 aliphatic heterocycles. The molecule has 10 heteroatoms. The topological polar surface area (TPSA) is 121 Å². The highest BCUT2D eigenvalue weighted by Crippen LogP contribution is 2.62. The zero-order chi connectivity index (χ0) is 38.4. The number of rotatable bonds is 18. The molecule has 292 valence electrons. The van der Waals surface area contributed by atoms with E-state index in [1.54, 1.807) is 36.4 Å². The van der Waals surface area contributed by atoms with Crippen molar-refractivity contribution in [3.8, 4) is 11.5 Å². The van der Waals surface area contributed by atoms with Crippen molar-refractivity contribution >= 4 is 11.6 Å². The number of carbonyl (C=O) groups excluding carboxylic acids is 1. The number of phenols is 1. The highest BCUT2D eigenvalue weighted by molar-refractivity contribution is 6.03. The third-order valence-electron chi connectivity index (χ3n) is 11.8. The van der Waals surface area contributed by atoms with Crippen LogP contribution < -0.4 is 4.74 Å². The average Bonchev–Trinajstić information content (AvgIpc) is 4.05. The lowest BCUT2D eigenvalue weighted by atomic mass is 9.55. The highest BCUT2D eigenvalue weighted by Gasteiger charge is 2.65. The van der Waals surface area contributed by atoms with E-state index in [0.717, 1.165) is 60.8 Å². The van der Waals surface area contributed by atoms with E-state index in [9.17, 15) is 24.5 Å². The molecule has 3 N–H and O–H groups in total. The fraction of sp³-hybridized carbons (Fsp3) is 0.467. The van der Waals surface area contributed by atoms with Crippen LogP contribution in [0, 0.1) is 29.5 Å². The van der Waals surface area contributed by atoms with Crippen LogP contribution in [0.2, 0.25) is 0 Å². The minimum atomic E-state index is -1.40. The van der Waals surface area contributed by atoms with Gasteiger partial charge in [-0.3, -0.25) is 4.79 Å². The van der Waals surface area contributed by atoms with Gasteiger partial charge in [-0.2, -0.15) is 0 Å². The Bertz CT molecular complexity index is 1850. The largest absolute Gasteiger partial charge is 0.508 e. The van der Waals surface area contributed by atoms with Gasteiger partial charge in [-0.1, -0.05) is 72.6 Å². The van der Waals surface area contributed by atoms with Gasteiger partial charge in [0.15, 0.2) is 0 Å². The predicted molar refractivity (Wildman–Crippen MR) is 208 cm³/mol. The summed E-state index contributed by atoms with van der Waals surface area (Å²) < 4.78 is 28.4. The van der Waals surface area contributed by atoms with Crippen molar-refractivity contribution in [1.29, 1.82) is 0 Å². The maximum absolute atomic E-state index is 14.6. The monoisotopic (exact) mass is 752 g/mol. The van der Waals surface area contributed by atoms with Gasteiger partial charge < -0.3 is 34.5 Å². The first-order valence-corrected chi connectivity index (χ1v) is 19.8. The zero-order valence-corrected chi connectivity index (χ0v) is 31.4. The molecule has 3 aromatic carbocycles. The minimum absolute atomic E-state index is 0.0123. The molecule has 0 unspecified atom stereocenters. The average molecular weight is 753 g/mol. The Morgan fingerprint density at radius 3 is 2.44 bits per heavy atom. The third kappa shape index (κ3) is 8.37. The number of hydrogen-bond donors (Lipinski definition) is 3. The first kappa shape index (κ1) is 38.8. The van der Waals surface area contributed by atoms with Crippen LogP contribution in [-0.2, 0) is 27.5 Å². The molecule has 2 saturated carbocycles. The summed E-state index contributed by atoms with van der Waals surface area (Å²) in [6.45, 7) is 4.80. The van der Waals surface area contributed by atoms with Crippen molar-refractivity contribution in [2.45, 2.75) is 88.7 Å². The summed E-state index contributed by atoms with van der Waals surface area (Å²) in [6.07, 6.45) is 10.4. The number of aliphatic hydroxyl groups excluding tert-OH is 2. The van der Waals surface area contributed by atoms with Crippen LogP contribution in [-0.4, -0.2) is 63.5 Å². The molecule has 3 aromatic rings. The predicted octanol–water partition coefficient (Wildman–Crippen LogP) is 7.80. The second kappa shape index (κ2) is 17.5. The molecular formula is C45H53FN2O7. The highest BCUT2D eigenvalue weighted by atomic mass is 19.1. The van der Waals surface area contributed by atoms with E-state index in [2.05, 4.69) is 12.7 Å². The van der Waals surface area contributed by atoms with Gasteiger partial charge in [-0.15, -0.1) is 6.58 Å². The molecule has 4 aliphatic rings. The molecule has 0 saturated heterocycles. The van der Waals surface area contributed by atoms with Gasteiger partial charge in [-0.25, -0.2) is 4.39 Å². The Labute approximate surface area is 323 Å². The Balaban J connectivity index is 1.43. The summed E-state index contributed by atoms with van der Waals surface area (Å²) in [5.74, 6) is -1.79. The van der Waals surface area contributed by atoms with E-state index in [0.29, 0.717) is 24.3 Å². The van der Waals surface area contributed by atoms with Crippen LogP contribution in [0.5, 0.6) is 11.5 Å². The first-order chi connectivity index (χ1) is 26.9. The second-order valence-corrected chi connectivity index (χ2v) is 15.4. The standard InChI is InChI=1S/C45H53FN2O7/c1-2-24-53-45-41(48(44(52)32-16-17-32)28-30-14-18-34(46)19-15-30)27-39(47-54-29-31-10-4-3-5-11-31)37-25-33(12-6-8-22-49)36(13-7-9-23-50)42(43(37)45)38-26-35(51)20-21-40(38)55-45/h2-5,10-11,14-15,18-21,25-26,32-33,36,41-43,49-51H,1,6-9,12-13,16-17,22-24,27-29H2/t33-,36+,41-,42+,43+,45+/m0/s1. The number of oxime groups is 1. The fourth-order valence-corrected chi connectivity index (χ4v) is 9.11. The number of amides is 1. The van der Waals surface area contributed by atoms with Crippen LogP contribution in [0.25, 0.3) is 0 Å². The second-order valence-electron chi connectivity index (χ2n) is 15.4. The van der Waals surface area contributed by atoms with Crippen LogP contribution in [0.15, 0.2) is 102 Å². The van der Waals surface area contributed by atoms with Gasteiger partial charge in [0.1, 0.15) is 30.0 Å². The van der Waals surface area contributed by atoms with Crippen molar-refractivity contribution in [1.82, 2.24) is 4.90 Å². The molecular weight excluding hydrogens is 700 g/mol. The van der Waals surface area contributed by atoms with Crippen LogP contribution in [0.4, 0.5) is 4.39 Å². The molecule has 1 amide bonds. The number of fused-ring (bicyclic) bond motifs is 2. The van der Waals surface area contributed by atoms with Crippen LogP contribution >= 0.6 is 0 Å². The summed E-state index contributed by atoms with van der Waals surface area (Å²) in [5, 5.41) is 35.5. The van der Waals surface area contributed by atoms with Crippen LogP contribution in [0.3, 0.4) is 0 Å². The van der Waals surface area contributed by atoms with Gasteiger partial charge in [0.25, 0.3) is 0 Å². The number of unbranched alkanes of at least 4 members (excludes halogenated alkanes) is 2. The summed E-state index contributed by atoms with van der Waals surface area (Å²) in [4.78, 5) is 22.6. The van der Waals surface area contributed by atoms with E-state index in [1.807, 2.05) is 35.2 Å². The van der Waals surface area contributed by atoms with E-state index in [4.69, 9.17) is 19.5 Å². The molecule has 0 spiro atoms. The lowest BCUT2D eigenvalue weighted by molar-refractivity contribution is -0.258. The quantitative estimate of drug-likeness (QED) is 0.0689. The van der Waals surface area contributed by atoms with Gasteiger partial charge in [0.2, 0.25) is 11.7 Å². The number of allylic oxidation sites excluding steroid dienone is 1. The Hall–Kier alpha value is -4.51. The third-order valence-corrected chi connectivity index (χ3v) is 11.8. The number of phenolic OH excluding ortho intramolecular Hbond substituents is 1. The molecule has 0 radical (unpaired) electrons. The minimum Gasteiger partial charge on any atom is -0.508 e. The van der Waals surface area contributed by atoms with Gasteiger partial charge in [0.05, 0.1) is 18.2 Å². The Morgan fingerprint density at radius 2 is 1.73 bits per heavy atom. The van der Waals surface area contributed by atoms with E-state index < -0.39 is 17.7 Å². The molecule has 9 nitrogen and oxygen atoms in total. The van der Waals surface area contributed by atoms with Crippen molar-refractivity contribution in [2.75, 3.05) is 19.8 Å². The van der Waals surface area contributed by atoms with Crippen molar-refractivity contribution in [3.63, 3.8) is 0 Å². The van der Waals surface area contributed by atoms with E-state index in [1.165, 1.54) is 12.1 Å². The van der Waals surface area contributed by atoms with Gasteiger partial charge >= 0.3 is 0 Å². The Kier molecular flexibility index (Phi) is 12.3. The number of aliphatic hydroxyl groups is 2. The SMILES string of the molecule is C=CCO[C@@]12Oc3ccc(O)cc3[C@H]3[C@H](CCCCO)[C@@H](CCCCO)C=C(C(=NOCc4ccccc4)C[C@@H]1N(Cc1ccc(F)cc1)C(=O)C1CC1)[C@H]32. The van der Waals surface area contributed by atoms with E-state index in [-0.39, 0.29) is 80.5 Å². The molecule has 7 rings (SSSR count). The van der Waals surface area contributed by atoms with E-state index >= 15 is 0 Å². The zero-order valence-electron chi connectivity index (χ0n) is 31.4. The summed E-state index contributed by atoms with van der Waals surface area (Å²) in [6, 6.07) is 20.6. The molecule has 55 heavy (non-hydrogen) atoms. The number of aromatic hydroxyl groups is 1. The maximum Gasteiger partial charge on any atom is 0.239 e. The van der Waals surface area contributed by atoms with Gasteiger partial charge in [-0.05, 0) is 97.4 Å². The number of carbonyl (C=O) groups is 1. The summed E-state index contributed by atoms with van der Waals surface area (Å²) in [7, 11) is 0. The smallest absolute Gasteiger partial charge is 0.239 e. The van der Waals surface area contributed by atoms with Crippen LogP contribution in [0.1, 0.15) is 80.4 Å².